The van der Waals surface area contributed by atoms with Gasteiger partial charge in [-0.2, -0.15) is 11.3 Å². The molecular formula is C23H25N3O2S. The van der Waals surface area contributed by atoms with E-state index >= 15 is 0 Å². The van der Waals surface area contributed by atoms with Crippen molar-refractivity contribution < 1.29 is 9.59 Å². The fourth-order valence-corrected chi connectivity index (χ4v) is 4.42. The van der Waals surface area contributed by atoms with E-state index in [1.54, 1.807) is 11.3 Å². The van der Waals surface area contributed by atoms with Crippen molar-refractivity contribution in [1.82, 2.24) is 15.1 Å². The molecule has 1 N–H and O–H groups in total. The van der Waals surface area contributed by atoms with E-state index in [-0.39, 0.29) is 24.8 Å². The van der Waals surface area contributed by atoms with Gasteiger partial charge in [-0.3, -0.25) is 14.5 Å². The maximum Gasteiger partial charge on any atom is 0.242 e. The quantitative estimate of drug-likeness (QED) is 0.684. The van der Waals surface area contributed by atoms with E-state index in [1.807, 2.05) is 47.4 Å². The Kier molecular flexibility index (Phi) is 6.22. The highest BCUT2D eigenvalue weighted by atomic mass is 32.1. The van der Waals surface area contributed by atoms with Crippen molar-refractivity contribution >= 4 is 33.9 Å². The lowest BCUT2D eigenvalue weighted by atomic mass is 10.0. The molecule has 6 heteroatoms. The van der Waals surface area contributed by atoms with Crippen molar-refractivity contribution in [2.75, 3.05) is 32.7 Å². The van der Waals surface area contributed by atoms with Crippen molar-refractivity contribution in [3.63, 3.8) is 0 Å². The molecule has 0 aliphatic carbocycles. The number of benzene rings is 2. The van der Waals surface area contributed by atoms with Gasteiger partial charge < -0.3 is 10.2 Å². The molecule has 1 fully saturated rings. The molecule has 2 heterocycles. The van der Waals surface area contributed by atoms with E-state index in [0.717, 1.165) is 36.0 Å². The van der Waals surface area contributed by atoms with E-state index in [0.29, 0.717) is 13.1 Å². The van der Waals surface area contributed by atoms with Gasteiger partial charge in [0.05, 0.1) is 13.0 Å². The summed E-state index contributed by atoms with van der Waals surface area (Å²) in [5.74, 6) is -0.128. The summed E-state index contributed by atoms with van der Waals surface area (Å²) in [6, 6.07) is 16.2. The molecule has 29 heavy (non-hydrogen) atoms. The van der Waals surface area contributed by atoms with E-state index in [1.165, 1.54) is 5.56 Å². The number of thiophene rings is 1. The van der Waals surface area contributed by atoms with Crippen LogP contribution in [-0.4, -0.2) is 54.3 Å². The molecule has 1 saturated heterocycles. The maximum absolute atomic E-state index is 12.5. The maximum atomic E-state index is 12.5. The van der Waals surface area contributed by atoms with Crippen LogP contribution in [-0.2, 0) is 22.6 Å². The molecule has 1 aliphatic heterocycles. The zero-order valence-corrected chi connectivity index (χ0v) is 17.2. The Hall–Kier alpha value is -2.70. The number of nitrogens with one attached hydrogen (secondary N) is 1. The van der Waals surface area contributed by atoms with Crippen molar-refractivity contribution in [1.29, 1.82) is 0 Å². The van der Waals surface area contributed by atoms with E-state index in [4.69, 9.17) is 0 Å². The van der Waals surface area contributed by atoms with Gasteiger partial charge in [0.15, 0.2) is 0 Å². The third kappa shape index (κ3) is 5.02. The molecule has 5 nitrogen and oxygen atoms in total. The zero-order chi connectivity index (χ0) is 20.1. The van der Waals surface area contributed by atoms with Crippen LogP contribution >= 0.6 is 11.3 Å². The van der Waals surface area contributed by atoms with Crippen LogP contribution in [0.4, 0.5) is 0 Å². The summed E-state index contributed by atoms with van der Waals surface area (Å²) < 4.78 is 0. The highest BCUT2D eigenvalue weighted by Gasteiger charge is 2.21. The molecular weight excluding hydrogens is 382 g/mol. The molecule has 1 aliphatic rings. The SMILES string of the molecule is O=C(Cc1cccc2ccccc12)NCC(=O)N1CCN(Cc2ccsc2)CC1. The highest BCUT2D eigenvalue weighted by Crippen LogP contribution is 2.18. The summed E-state index contributed by atoms with van der Waals surface area (Å²) in [6.07, 6.45) is 0.281. The topological polar surface area (TPSA) is 52.7 Å². The summed E-state index contributed by atoms with van der Waals surface area (Å²) in [4.78, 5) is 29.1. The minimum absolute atomic E-state index is 0.00791. The van der Waals surface area contributed by atoms with Crippen molar-refractivity contribution in [2.45, 2.75) is 13.0 Å². The van der Waals surface area contributed by atoms with Gasteiger partial charge in [-0.25, -0.2) is 0 Å². The largest absolute Gasteiger partial charge is 0.347 e. The zero-order valence-electron chi connectivity index (χ0n) is 16.3. The molecule has 0 unspecified atom stereocenters. The molecule has 4 rings (SSSR count). The molecule has 0 saturated carbocycles. The van der Waals surface area contributed by atoms with Crippen LogP contribution in [0.5, 0.6) is 0 Å². The van der Waals surface area contributed by atoms with Crippen LogP contribution in [0.3, 0.4) is 0 Å². The number of hydrogen-bond acceptors (Lipinski definition) is 4. The third-order valence-electron chi connectivity index (χ3n) is 5.38. The number of carbonyl (C=O) groups is 2. The minimum Gasteiger partial charge on any atom is -0.347 e. The van der Waals surface area contributed by atoms with Crippen LogP contribution in [0.25, 0.3) is 10.8 Å². The van der Waals surface area contributed by atoms with E-state index < -0.39 is 0 Å². The molecule has 0 radical (unpaired) electrons. The first-order valence-electron chi connectivity index (χ1n) is 9.93. The van der Waals surface area contributed by atoms with Gasteiger partial charge in [-0.1, -0.05) is 42.5 Å². The summed E-state index contributed by atoms with van der Waals surface area (Å²) in [5.41, 5.74) is 2.31. The van der Waals surface area contributed by atoms with Gasteiger partial charge in [-0.15, -0.1) is 0 Å². The number of hydrogen-bond donors (Lipinski definition) is 1. The van der Waals surface area contributed by atoms with E-state index in [2.05, 4.69) is 27.0 Å². The average molecular weight is 408 g/mol. The van der Waals surface area contributed by atoms with E-state index in [9.17, 15) is 9.59 Å². The third-order valence-corrected chi connectivity index (χ3v) is 6.11. The average Bonchev–Trinajstić information content (AvgIpc) is 3.26. The monoisotopic (exact) mass is 407 g/mol. The fraction of sp³-hybridized carbons (Fsp3) is 0.304. The Bertz CT molecular complexity index is 973. The summed E-state index contributed by atoms with van der Waals surface area (Å²) in [5, 5.41) is 9.26. The van der Waals surface area contributed by atoms with Crippen molar-refractivity contribution in [3.05, 3.63) is 70.4 Å². The first-order valence-corrected chi connectivity index (χ1v) is 10.9. The Morgan fingerprint density at radius 2 is 1.76 bits per heavy atom. The van der Waals surface area contributed by atoms with Crippen molar-refractivity contribution in [3.8, 4) is 0 Å². The van der Waals surface area contributed by atoms with Crippen LogP contribution in [0, 0.1) is 0 Å². The van der Waals surface area contributed by atoms with Crippen LogP contribution < -0.4 is 5.32 Å². The lowest BCUT2D eigenvalue weighted by molar-refractivity contribution is -0.134. The standard InChI is InChI=1S/C23H25N3O2S/c27-22(14-20-6-3-5-19-4-1-2-7-21(19)20)24-15-23(28)26-11-9-25(10-12-26)16-18-8-13-29-17-18/h1-8,13,17H,9-12,14-16H2,(H,24,27). The Labute approximate surface area is 174 Å². The molecule has 3 aromatic rings. The molecule has 150 valence electrons. The fourth-order valence-electron chi connectivity index (χ4n) is 3.76. The molecule has 2 aromatic carbocycles. The number of nitrogens with zero attached hydrogens (tertiary/aromatic N) is 2. The van der Waals surface area contributed by atoms with Crippen LogP contribution in [0.15, 0.2) is 59.3 Å². The minimum atomic E-state index is -0.120. The van der Waals surface area contributed by atoms with Gasteiger partial charge in [-0.05, 0) is 38.7 Å². The molecule has 1 aromatic heterocycles. The summed E-state index contributed by atoms with van der Waals surface area (Å²) >= 11 is 1.71. The van der Waals surface area contributed by atoms with Gasteiger partial charge in [0, 0.05) is 32.7 Å². The lowest BCUT2D eigenvalue weighted by Gasteiger charge is -2.34. The normalized spacial score (nSPS) is 14.8. The van der Waals surface area contributed by atoms with Crippen molar-refractivity contribution in [2.24, 2.45) is 0 Å². The van der Waals surface area contributed by atoms with Gasteiger partial charge in [0.25, 0.3) is 0 Å². The number of fused-ring (bicyclic) bond motifs is 1. The Morgan fingerprint density at radius 3 is 2.55 bits per heavy atom. The highest BCUT2D eigenvalue weighted by molar-refractivity contribution is 7.07. The predicted molar refractivity (Wildman–Crippen MR) is 117 cm³/mol. The molecule has 0 spiro atoms. The summed E-state index contributed by atoms with van der Waals surface area (Å²) in [6.45, 7) is 4.16. The summed E-state index contributed by atoms with van der Waals surface area (Å²) in [7, 11) is 0. The number of rotatable bonds is 6. The number of amides is 2. The van der Waals surface area contributed by atoms with Gasteiger partial charge >= 0.3 is 0 Å². The van der Waals surface area contributed by atoms with Gasteiger partial charge in [0.2, 0.25) is 11.8 Å². The predicted octanol–water partition coefficient (Wildman–Crippen LogP) is 2.90. The van der Waals surface area contributed by atoms with Crippen LogP contribution in [0.2, 0.25) is 0 Å². The van der Waals surface area contributed by atoms with Crippen LogP contribution in [0.1, 0.15) is 11.1 Å². The molecule has 0 bridgehead atoms. The molecule has 2 amide bonds. The van der Waals surface area contributed by atoms with Gasteiger partial charge in [0.1, 0.15) is 0 Å². The number of carbonyl (C=O) groups excluding carboxylic acids is 2. The lowest BCUT2D eigenvalue weighted by Crippen LogP contribution is -2.50. The Balaban J connectivity index is 1.24. The second kappa shape index (κ2) is 9.20. The smallest absolute Gasteiger partial charge is 0.242 e. The molecule has 0 atom stereocenters. The second-order valence-electron chi connectivity index (χ2n) is 7.38. The first kappa shape index (κ1) is 19.6. The number of piperazine rings is 1. The second-order valence-corrected chi connectivity index (χ2v) is 8.16. The first-order chi connectivity index (χ1) is 14.2. The Morgan fingerprint density at radius 1 is 0.966 bits per heavy atom.